The summed E-state index contributed by atoms with van der Waals surface area (Å²) in [5.74, 6) is 0.195. The van der Waals surface area contributed by atoms with Crippen molar-refractivity contribution >= 4 is 6.29 Å². The van der Waals surface area contributed by atoms with Gasteiger partial charge in [0.15, 0.2) is 0 Å². The highest BCUT2D eigenvalue weighted by Crippen LogP contribution is 2.28. The summed E-state index contributed by atoms with van der Waals surface area (Å²) in [5.41, 5.74) is 5.55. The maximum Gasteiger partial charge on any atom is 0.139 e. The molecule has 0 radical (unpaired) electrons. The summed E-state index contributed by atoms with van der Waals surface area (Å²) in [4.78, 5) is 16.9. The van der Waals surface area contributed by atoms with E-state index in [1.807, 2.05) is 12.1 Å². The number of hydrogen-bond acceptors (Lipinski definition) is 5. The van der Waals surface area contributed by atoms with Gasteiger partial charge in [0.2, 0.25) is 0 Å². The lowest BCUT2D eigenvalue weighted by Gasteiger charge is -2.40. The van der Waals surface area contributed by atoms with Crippen LogP contribution < -0.4 is 0 Å². The van der Waals surface area contributed by atoms with E-state index in [0.717, 1.165) is 67.9 Å². The summed E-state index contributed by atoms with van der Waals surface area (Å²) < 4.78 is 34.5. The van der Waals surface area contributed by atoms with E-state index in [1.54, 1.807) is 36.1 Å². The molecule has 6 nitrogen and oxygen atoms in total. The topological polar surface area (TPSA) is 50.6 Å². The lowest BCUT2D eigenvalue weighted by molar-refractivity contribution is -0.113. The predicted octanol–water partition coefficient (Wildman–Crippen LogP) is 5.83. The van der Waals surface area contributed by atoms with Gasteiger partial charge in [-0.15, -0.1) is 0 Å². The molecule has 1 fully saturated rings. The highest BCUT2D eigenvalue weighted by molar-refractivity contribution is 5.69. The number of aldehydes is 1. The third-order valence-corrected chi connectivity index (χ3v) is 7.62. The van der Waals surface area contributed by atoms with E-state index in [4.69, 9.17) is 9.84 Å². The maximum atomic E-state index is 13.7. The number of nitrogens with zero attached hydrogens (tertiary/aromatic N) is 4. The number of rotatable bonds is 8. The molecule has 5 rings (SSSR count). The first-order chi connectivity index (χ1) is 19.4. The summed E-state index contributed by atoms with van der Waals surface area (Å²) in [6, 6.07) is 13.9. The van der Waals surface area contributed by atoms with E-state index in [9.17, 15) is 13.6 Å². The fourth-order valence-electron chi connectivity index (χ4n) is 5.23. The molecule has 2 heterocycles. The summed E-state index contributed by atoms with van der Waals surface area (Å²) in [5, 5.41) is 4.79. The van der Waals surface area contributed by atoms with E-state index >= 15 is 0 Å². The van der Waals surface area contributed by atoms with Gasteiger partial charge in [-0.05, 0) is 86.5 Å². The molecule has 3 aromatic rings. The molecule has 1 aromatic heterocycles. The molecule has 2 aliphatic rings. The van der Waals surface area contributed by atoms with Crippen molar-refractivity contribution < 1.29 is 18.3 Å². The summed E-state index contributed by atoms with van der Waals surface area (Å²) in [7, 11) is 1.69. The molecule has 1 aliphatic carbocycles. The van der Waals surface area contributed by atoms with Gasteiger partial charge >= 0.3 is 0 Å². The molecule has 2 aromatic carbocycles. The van der Waals surface area contributed by atoms with Crippen LogP contribution in [0.4, 0.5) is 8.78 Å². The van der Waals surface area contributed by atoms with Crippen LogP contribution in [0.2, 0.25) is 0 Å². The van der Waals surface area contributed by atoms with Crippen LogP contribution in [0, 0.1) is 11.6 Å². The van der Waals surface area contributed by atoms with Gasteiger partial charge in [-0.2, -0.15) is 5.10 Å². The molecule has 1 aliphatic heterocycles. The Balaban J connectivity index is 1.34. The van der Waals surface area contributed by atoms with Gasteiger partial charge in [0, 0.05) is 43.0 Å². The second-order valence-electron chi connectivity index (χ2n) is 10.3. The monoisotopic (exact) mass is 544 g/mol. The number of hydrogen-bond donors (Lipinski definition) is 0. The number of benzene rings is 2. The second kappa shape index (κ2) is 12.4. The fraction of sp³-hybridized carbons (Fsp3) is 0.312. The smallest absolute Gasteiger partial charge is 0.139 e. The first-order valence-electron chi connectivity index (χ1n) is 13.6. The van der Waals surface area contributed by atoms with E-state index in [2.05, 4.69) is 28.9 Å². The van der Waals surface area contributed by atoms with Gasteiger partial charge < -0.3 is 14.4 Å². The molecule has 0 N–H and O–H groups in total. The van der Waals surface area contributed by atoms with Crippen LogP contribution in [-0.4, -0.2) is 65.2 Å². The average molecular weight is 545 g/mol. The van der Waals surface area contributed by atoms with Gasteiger partial charge in [0.25, 0.3) is 0 Å². The highest BCUT2D eigenvalue weighted by Gasteiger charge is 2.26. The van der Waals surface area contributed by atoms with Crippen LogP contribution in [-0.2, 0) is 16.1 Å². The first kappa shape index (κ1) is 27.5. The van der Waals surface area contributed by atoms with Gasteiger partial charge in [-0.1, -0.05) is 11.6 Å². The summed E-state index contributed by atoms with van der Waals surface area (Å²) in [6.07, 6.45) is 9.16. The lowest BCUT2D eigenvalue weighted by atomic mass is 10.0. The van der Waals surface area contributed by atoms with E-state index in [1.165, 1.54) is 35.5 Å². The summed E-state index contributed by atoms with van der Waals surface area (Å²) >= 11 is 0. The number of carbonyl (C=O) groups is 1. The molecule has 8 heteroatoms. The average Bonchev–Trinajstić information content (AvgIpc) is 3.39. The molecule has 40 heavy (non-hydrogen) atoms. The standard InChI is InChI=1S/C32H34F2N4O2/c1-23-3-13-28(19-30(40-2)14-4-23)36-15-17-37(18-16-36)29(22-39)21-38-32(25-7-11-27(34)12-8-25)20-31(35-38)24-5-9-26(33)10-6-24/h4-12,14,19-20,22,29H,3,13,15-18,21H2,1-2H3. The fourth-order valence-corrected chi connectivity index (χ4v) is 5.23. The van der Waals surface area contributed by atoms with Gasteiger partial charge in [0.1, 0.15) is 23.7 Å². The Labute approximate surface area is 233 Å². The normalized spacial score (nSPS) is 17.3. The Bertz CT molecular complexity index is 1420. The van der Waals surface area contributed by atoms with Crippen LogP contribution in [0.25, 0.3) is 22.5 Å². The number of methoxy groups -OCH3 is 1. The van der Waals surface area contributed by atoms with Gasteiger partial charge in [0.05, 0.1) is 31.1 Å². The SMILES string of the molecule is COC1=CC=C(C)CCC(N2CCN(C(C=O)Cn3nc(-c4ccc(F)cc4)cc3-c3ccc(F)cc3)CC2)=C1. The third kappa shape index (κ3) is 6.39. The van der Waals surface area contributed by atoms with Crippen molar-refractivity contribution in [3.63, 3.8) is 0 Å². The molecule has 1 atom stereocenters. The minimum Gasteiger partial charge on any atom is -0.497 e. The van der Waals surface area contributed by atoms with E-state index in [-0.39, 0.29) is 17.7 Å². The molecule has 0 saturated carbocycles. The second-order valence-corrected chi connectivity index (χ2v) is 10.3. The van der Waals surface area contributed by atoms with Crippen molar-refractivity contribution in [3.05, 3.63) is 101 Å². The molecule has 1 unspecified atom stereocenters. The van der Waals surface area contributed by atoms with Gasteiger partial charge in [-0.25, -0.2) is 8.78 Å². The van der Waals surface area contributed by atoms with Crippen molar-refractivity contribution in [1.82, 2.24) is 19.6 Å². The molecule has 0 spiro atoms. The zero-order chi connectivity index (χ0) is 28.1. The van der Waals surface area contributed by atoms with E-state index in [0.29, 0.717) is 12.2 Å². The largest absolute Gasteiger partial charge is 0.497 e. The molecule has 208 valence electrons. The molecule has 0 bridgehead atoms. The molecular formula is C32H34F2N4O2. The zero-order valence-electron chi connectivity index (χ0n) is 22.9. The minimum absolute atomic E-state index is 0.321. The zero-order valence-corrected chi connectivity index (χ0v) is 22.9. The lowest BCUT2D eigenvalue weighted by Crippen LogP contribution is -2.51. The Morgan fingerprint density at radius 1 is 0.925 bits per heavy atom. The third-order valence-electron chi connectivity index (χ3n) is 7.62. The van der Waals surface area contributed by atoms with Crippen LogP contribution in [0.1, 0.15) is 19.8 Å². The van der Waals surface area contributed by atoms with Crippen LogP contribution >= 0.6 is 0 Å². The molecule has 0 amide bonds. The number of halogens is 2. The van der Waals surface area contributed by atoms with Crippen LogP contribution in [0.3, 0.4) is 0 Å². The number of carbonyl (C=O) groups excluding carboxylic acids is 1. The van der Waals surface area contributed by atoms with Crippen molar-refractivity contribution in [2.75, 3.05) is 33.3 Å². The van der Waals surface area contributed by atoms with Crippen molar-refractivity contribution in [2.24, 2.45) is 0 Å². The first-order valence-corrected chi connectivity index (χ1v) is 13.6. The van der Waals surface area contributed by atoms with Crippen LogP contribution in [0.15, 0.2) is 89.9 Å². The number of allylic oxidation sites excluding steroid dienone is 5. The summed E-state index contributed by atoms with van der Waals surface area (Å²) in [6.45, 7) is 5.57. The van der Waals surface area contributed by atoms with Crippen molar-refractivity contribution in [1.29, 1.82) is 0 Å². The number of piperazine rings is 1. The van der Waals surface area contributed by atoms with Crippen LogP contribution in [0.5, 0.6) is 0 Å². The van der Waals surface area contributed by atoms with E-state index < -0.39 is 0 Å². The number of aromatic nitrogens is 2. The Hall–Kier alpha value is -4.04. The maximum absolute atomic E-state index is 13.7. The van der Waals surface area contributed by atoms with Gasteiger partial charge in [-0.3, -0.25) is 9.58 Å². The predicted molar refractivity (Wildman–Crippen MR) is 152 cm³/mol. The Morgan fingerprint density at radius 2 is 1.57 bits per heavy atom. The molecule has 1 saturated heterocycles. The number of ether oxygens (including phenoxy) is 1. The van der Waals surface area contributed by atoms with Crippen molar-refractivity contribution in [3.8, 4) is 22.5 Å². The quantitative estimate of drug-likeness (QED) is 0.334. The Morgan fingerprint density at radius 3 is 2.20 bits per heavy atom. The minimum atomic E-state index is -0.381. The molecular weight excluding hydrogens is 510 g/mol. The highest BCUT2D eigenvalue weighted by atomic mass is 19.1. The van der Waals surface area contributed by atoms with Crippen molar-refractivity contribution in [2.45, 2.75) is 32.4 Å². The Kier molecular flexibility index (Phi) is 8.55.